The van der Waals surface area contributed by atoms with Gasteiger partial charge in [0.15, 0.2) is 0 Å². The summed E-state index contributed by atoms with van der Waals surface area (Å²) in [6.45, 7) is 10.0. The third kappa shape index (κ3) is 5.19. The Hall–Kier alpha value is -1.10. The predicted molar refractivity (Wildman–Crippen MR) is 73.6 cm³/mol. The summed E-state index contributed by atoms with van der Waals surface area (Å²) < 4.78 is 4.81. The maximum Gasteiger partial charge on any atom is 0.310 e. The summed E-state index contributed by atoms with van der Waals surface area (Å²) in [6, 6.07) is 0.154. The fourth-order valence-electron chi connectivity index (χ4n) is 2.29. The van der Waals surface area contributed by atoms with Gasteiger partial charge in [0.05, 0.1) is 13.0 Å². The molecule has 110 valence electrons. The lowest BCUT2D eigenvalue weighted by atomic mass is 9.92. The number of hydrogen-bond donors (Lipinski definition) is 1. The molecule has 0 radical (unpaired) electrons. The second kappa shape index (κ2) is 6.37. The summed E-state index contributed by atoms with van der Waals surface area (Å²) in [6.07, 6.45) is 0.729. The number of carbonyl (C=O) groups is 2. The first-order valence-corrected chi connectivity index (χ1v) is 6.79. The van der Waals surface area contributed by atoms with E-state index in [9.17, 15) is 9.59 Å². The van der Waals surface area contributed by atoms with Crippen LogP contribution in [0.2, 0.25) is 0 Å². The molecule has 0 aromatic heterocycles. The molecule has 0 bridgehead atoms. The van der Waals surface area contributed by atoms with Gasteiger partial charge in [0.2, 0.25) is 5.91 Å². The number of methoxy groups -OCH3 is 1. The quantitative estimate of drug-likeness (QED) is 0.778. The molecule has 0 aliphatic carbocycles. The molecule has 1 fully saturated rings. The number of nitrogens with zero attached hydrogens (tertiary/aromatic N) is 1. The monoisotopic (exact) mass is 270 g/mol. The molecule has 1 saturated heterocycles. The van der Waals surface area contributed by atoms with Crippen molar-refractivity contribution in [3.63, 3.8) is 0 Å². The van der Waals surface area contributed by atoms with Crippen molar-refractivity contribution in [1.82, 2.24) is 10.2 Å². The van der Waals surface area contributed by atoms with Gasteiger partial charge in [0.25, 0.3) is 0 Å². The minimum atomic E-state index is -0.228. The Morgan fingerprint density at radius 2 is 1.95 bits per heavy atom. The van der Waals surface area contributed by atoms with E-state index in [2.05, 4.69) is 26.1 Å². The number of esters is 1. The van der Waals surface area contributed by atoms with Crippen LogP contribution in [0.5, 0.6) is 0 Å². The highest BCUT2D eigenvalue weighted by atomic mass is 16.5. The molecule has 0 aromatic rings. The zero-order valence-corrected chi connectivity index (χ0v) is 12.7. The van der Waals surface area contributed by atoms with Gasteiger partial charge in [0.1, 0.15) is 0 Å². The lowest BCUT2D eigenvalue weighted by Crippen LogP contribution is -2.53. The summed E-state index contributed by atoms with van der Waals surface area (Å²) in [5.41, 5.74) is 0.180. The maximum absolute atomic E-state index is 11.7. The molecule has 0 aromatic carbocycles. The molecule has 1 heterocycles. The highest BCUT2D eigenvalue weighted by Gasteiger charge is 2.33. The highest BCUT2D eigenvalue weighted by Crippen LogP contribution is 2.20. The second-order valence-corrected chi connectivity index (χ2v) is 6.52. The van der Waals surface area contributed by atoms with E-state index < -0.39 is 0 Å². The topological polar surface area (TPSA) is 58.6 Å². The van der Waals surface area contributed by atoms with Crippen molar-refractivity contribution in [1.29, 1.82) is 0 Å². The molecule has 1 aliphatic heterocycles. The van der Waals surface area contributed by atoms with Crippen molar-refractivity contribution >= 4 is 11.9 Å². The van der Waals surface area contributed by atoms with Crippen LogP contribution in [0.1, 0.15) is 34.1 Å². The average molecular weight is 270 g/mol. The number of nitrogens with one attached hydrogen (secondary N) is 1. The third-order valence-corrected chi connectivity index (χ3v) is 3.35. The molecule has 5 nitrogen and oxygen atoms in total. The predicted octanol–water partition coefficient (Wildman–Crippen LogP) is 1.03. The van der Waals surface area contributed by atoms with Gasteiger partial charge in [-0.05, 0) is 11.8 Å². The van der Waals surface area contributed by atoms with Gasteiger partial charge in [-0.3, -0.25) is 9.59 Å². The van der Waals surface area contributed by atoms with Gasteiger partial charge in [-0.25, -0.2) is 0 Å². The fourth-order valence-corrected chi connectivity index (χ4v) is 2.29. The van der Waals surface area contributed by atoms with Crippen LogP contribution in [0.3, 0.4) is 0 Å². The minimum Gasteiger partial charge on any atom is -0.469 e. The van der Waals surface area contributed by atoms with Gasteiger partial charge in [-0.15, -0.1) is 0 Å². The van der Waals surface area contributed by atoms with Crippen LogP contribution in [0, 0.1) is 11.3 Å². The van der Waals surface area contributed by atoms with E-state index in [1.54, 1.807) is 11.8 Å². The van der Waals surface area contributed by atoms with E-state index >= 15 is 0 Å². The standard InChI is InChI=1S/C14H26N2O3/c1-10(17)16-7-11(13(18)19-5)6-12(8-16)15-9-14(2,3)4/h11-12,15H,6-9H2,1-5H3. The number of piperidine rings is 1. The van der Waals surface area contributed by atoms with Gasteiger partial charge in [-0.2, -0.15) is 0 Å². The van der Waals surface area contributed by atoms with Crippen LogP contribution in [-0.4, -0.2) is 49.6 Å². The Bertz CT molecular complexity index is 336. The molecule has 0 saturated carbocycles. The van der Waals surface area contributed by atoms with E-state index in [1.807, 2.05) is 0 Å². The van der Waals surface area contributed by atoms with E-state index in [0.717, 1.165) is 13.0 Å². The van der Waals surface area contributed by atoms with Gasteiger partial charge in [0, 0.05) is 32.6 Å². The van der Waals surface area contributed by atoms with Gasteiger partial charge < -0.3 is 15.0 Å². The third-order valence-electron chi connectivity index (χ3n) is 3.35. The Labute approximate surface area is 115 Å². The molecule has 2 atom stereocenters. The zero-order valence-electron chi connectivity index (χ0n) is 12.7. The van der Waals surface area contributed by atoms with Crippen molar-refractivity contribution in [3.05, 3.63) is 0 Å². The molecular formula is C14H26N2O3. The van der Waals surface area contributed by atoms with E-state index in [1.165, 1.54) is 7.11 Å². The first kappa shape index (κ1) is 16.0. The fraction of sp³-hybridized carbons (Fsp3) is 0.857. The van der Waals surface area contributed by atoms with Crippen molar-refractivity contribution in [2.45, 2.75) is 40.2 Å². The number of rotatable bonds is 3. The summed E-state index contributed by atoms with van der Waals surface area (Å²) in [5.74, 6) is -0.440. The number of hydrogen-bond acceptors (Lipinski definition) is 4. The van der Waals surface area contributed by atoms with Crippen molar-refractivity contribution in [2.75, 3.05) is 26.7 Å². The number of carbonyl (C=O) groups excluding carboxylic acids is 2. The number of ether oxygens (including phenoxy) is 1. The van der Waals surface area contributed by atoms with Crippen LogP contribution < -0.4 is 5.32 Å². The zero-order chi connectivity index (χ0) is 14.6. The van der Waals surface area contributed by atoms with E-state index in [0.29, 0.717) is 13.1 Å². The number of amides is 1. The van der Waals surface area contributed by atoms with Crippen LogP contribution in [0.25, 0.3) is 0 Å². The van der Waals surface area contributed by atoms with E-state index in [-0.39, 0.29) is 29.3 Å². The SMILES string of the molecule is COC(=O)C1CC(NCC(C)(C)C)CN(C(C)=O)C1. The second-order valence-electron chi connectivity index (χ2n) is 6.52. The van der Waals surface area contributed by atoms with Crippen LogP contribution in [0.4, 0.5) is 0 Å². The van der Waals surface area contributed by atoms with E-state index in [4.69, 9.17) is 4.74 Å². The first-order chi connectivity index (χ1) is 8.73. The van der Waals surface area contributed by atoms with Gasteiger partial charge >= 0.3 is 5.97 Å². The Balaban J connectivity index is 2.65. The maximum atomic E-state index is 11.7. The Kier molecular flexibility index (Phi) is 5.35. The molecule has 1 rings (SSSR count). The van der Waals surface area contributed by atoms with Crippen LogP contribution >= 0.6 is 0 Å². The summed E-state index contributed by atoms with van der Waals surface area (Å²) >= 11 is 0. The molecule has 1 aliphatic rings. The molecule has 5 heteroatoms. The Morgan fingerprint density at radius 1 is 1.32 bits per heavy atom. The largest absolute Gasteiger partial charge is 0.469 e. The highest BCUT2D eigenvalue weighted by molar-refractivity contribution is 5.76. The lowest BCUT2D eigenvalue weighted by molar-refractivity contribution is -0.149. The summed E-state index contributed by atoms with van der Waals surface area (Å²) in [4.78, 5) is 25.0. The van der Waals surface area contributed by atoms with Crippen LogP contribution in [0.15, 0.2) is 0 Å². The normalized spacial score (nSPS) is 24.2. The number of likely N-dealkylation sites (tertiary alicyclic amines) is 1. The van der Waals surface area contributed by atoms with Crippen molar-refractivity contribution in [3.8, 4) is 0 Å². The van der Waals surface area contributed by atoms with Crippen LogP contribution in [-0.2, 0) is 14.3 Å². The smallest absolute Gasteiger partial charge is 0.310 e. The van der Waals surface area contributed by atoms with Crippen molar-refractivity contribution in [2.24, 2.45) is 11.3 Å². The van der Waals surface area contributed by atoms with Crippen molar-refractivity contribution < 1.29 is 14.3 Å². The molecule has 1 amide bonds. The molecule has 2 unspecified atom stereocenters. The first-order valence-electron chi connectivity index (χ1n) is 6.79. The van der Waals surface area contributed by atoms with Gasteiger partial charge in [-0.1, -0.05) is 20.8 Å². The Morgan fingerprint density at radius 3 is 2.42 bits per heavy atom. The molecular weight excluding hydrogens is 244 g/mol. The minimum absolute atomic E-state index is 0.0103. The molecule has 0 spiro atoms. The lowest BCUT2D eigenvalue weighted by Gasteiger charge is -2.37. The average Bonchev–Trinajstić information content (AvgIpc) is 2.34. The molecule has 19 heavy (non-hydrogen) atoms. The summed E-state index contributed by atoms with van der Waals surface area (Å²) in [7, 11) is 1.40. The molecule has 1 N–H and O–H groups in total. The summed E-state index contributed by atoms with van der Waals surface area (Å²) in [5, 5.41) is 3.45.